The SMILES string of the molecule is CCOC(=O)N1C(=O)[C@@H]2CC(C)=C[N+]2=C(O)c2cc(OC)c(OCCCCCOc3cc4c(cc3OC)C(=O)N3C=C(C)C[C@H]3C=N4)cc21. The second-order valence-electron chi connectivity index (χ2n) is 12.3. The first kappa shape index (κ1) is 33.6. The van der Waals surface area contributed by atoms with E-state index in [4.69, 9.17) is 23.7 Å². The zero-order valence-corrected chi connectivity index (χ0v) is 28.4. The van der Waals surface area contributed by atoms with Gasteiger partial charge in [0.15, 0.2) is 29.2 Å². The van der Waals surface area contributed by atoms with Crippen LogP contribution in [0.2, 0.25) is 0 Å². The second kappa shape index (κ2) is 14.0. The van der Waals surface area contributed by atoms with Gasteiger partial charge >= 0.3 is 17.9 Å². The summed E-state index contributed by atoms with van der Waals surface area (Å²) >= 11 is 0. The molecule has 3 amide bonds. The Morgan fingerprint density at radius 3 is 2.27 bits per heavy atom. The number of anilines is 1. The molecule has 0 saturated heterocycles. The summed E-state index contributed by atoms with van der Waals surface area (Å²) in [5, 5.41) is 11.2. The molecule has 4 aliphatic heterocycles. The van der Waals surface area contributed by atoms with Crippen molar-refractivity contribution in [2.45, 2.75) is 65.0 Å². The lowest BCUT2D eigenvalue weighted by molar-refractivity contribution is -0.482. The number of rotatable bonds is 11. The molecule has 0 saturated carbocycles. The minimum Gasteiger partial charge on any atom is -0.493 e. The molecule has 1 N–H and O–H groups in total. The van der Waals surface area contributed by atoms with Crippen molar-refractivity contribution < 1.29 is 47.7 Å². The lowest BCUT2D eigenvalue weighted by atomic mass is 10.1. The van der Waals surface area contributed by atoms with Gasteiger partial charge in [-0.1, -0.05) is 5.57 Å². The van der Waals surface area contributed by atoms with Gasteiger partial charge in [-0.15, -0.1) is 0 Å². The minimum atomic E-state index is -0.832. The summed E-state index contributed by atoms with van der Waals surface area (Å²) in [6.07, 6.45) is 7.83. The number of nitrogens with zero attached hydrogens (tertiary/aromatic N) is 4. The molecule has 49 heavy (non-hydrogen) atoms. The fourth-order valence-electron chi connectivity index (χ4n) is 6.47. The van der Waals surface area contributed by atoms with Crippen LogP contribution in [-0.4, -0.2) is 90.7 Å². The van der Waals surface area contributed by atoms with Gasteiger partial charge in [0, 0.05) is 37.0 Å². The van der Waals surface area contributed by atoms with Crippen molar-refractivity contribution in [3.05, 3.63) is 58.9 Å². The molecule has 258 valence electrons. The maximum atomic E-state index is 13.6. The molecular formula is C36H41N4O9+. The van der Waals surface area contributed by atoms with Crippen molar-refractivity contribution in [3.63, 3.8) is 0 Å². The quantitative estimate of drug-likeness (QED) is 0.236. The van der Waals surface area contributed by atoms with Crippen molar-refractivity contribution in [3.8, 4) is 23.0 Å². The maximum Gasteiger partial charge on any atom is 0.421 e. The molecule has 0 bridgehead atoms. The van der Waals surface area contributed by atoms with E-state index in [1.807, 2.05) is 20.0 Å². The molecule has 0 spiro atoms. The lowest BCUT2D eigenvalue weighted by Crippen LogP contribution is -2.45. The topological polar surface area (TPSA) is 139 Å². The van der Waals surface area contributed by atoms with Gasteiger partial charge in [-0.05, 0) is 58.1 Å². The molecular weight excluding hydrogens is 632 g/mol. The summed E-state index contributed by atoms with van der Waals surface area (Å²) in [5.41, 5.74) is 3.43. The van der Waals surface area contributed by atoms with Crippen LogP contribution >= 0.6 is 0 Å². The maximum absolute atomic E-state index is 13.6. The molecule has 0 fully saturated rings. The highest BCUT2D eigenvalue weighted by Gasteiger charge is 2.47. The third kappa shape index (κ3) is 6.44. The Bertz CT molecular complexity index is 1810. The first-order chi connectivity index (χ1) is 23.6. The third-order valence-electron chi connectivity index (χ3n) is 8.86. The van der Waals surface area contributed by atoms with Crippen LogP contribution in [0.5, 0.6) is 23.0 Å². The Morgan fingerprint density at radius 2 is 1.59 bits per heavy atom. The van der Waals surface area contributed by atoms with E-state index in [0.29, 0.717) is 66.7 Å². The average Bonchev–Trinajstić information content (AvgIpc) is 3.62. The van der Waals surface area contributed by atoms with Gasteiger partial charge in [0.05, 0.1) is 57.0 Å². The third-order valence-corrected chi connectivity index (χ3v) is 8.86. The number of unbranched alkanes of at least 4 members (excludes halogenated alkanes) is 2. The number of aliphatic hydroxyl groups is 1. The number of hydrogen-bond acceptors (Lipinski definition) is 9. The van der Waals surface area contributed by atoms with E-state index in [0.717, 1.165) is 28.9 Å². The van der Waals surface area contributed by atoms with Crippen LogP contribution in [0.25, 0.3) is 0 Å². The Morgan fingerprint density at radius 1 is 0.918 bits per heavy atom. The predicted octanol–water partition coefficient (Wildman–Crippen LogP) is 5.66. The molecule has 6 rings (SSSR count). The van der Waals surface area contributed by atoms with Crippen molar-refractivity contribution in [2.75, 3.05) is 38.9 Å². The number of aliphatic imine (C=N–C) groups is 1. The minimum absolute atomic E-state index is 0.0755. The molecule has 2 aromatic rings. The Labute approximate surface area is 284 Å². The van der Waals surface area contributed by atoms with Crippen molar-refractivity contribution in [1.82, 2.24) is 4.90 Å². The fraction of sp³-hybridized carbons (Fsp3) is 0.417. The molecule has 4 heterocycles. The van der Waals surface area contributed by atoms with Crippen LogP contribution < -0.4 is 23.8 Å². The zero-order valence-electron chi connectivity index (χ0n) is 28.4. The largest absolute Gasteiger partial charge is 0.493 e. The van der Waals surface area contributed by atoms with Gasteiger partial charge in [-0.2, -0.15) is 4.58 Å². The van der Waals surface area contributed by atoms with Crippen LogP contribution in [0.3, 0.4) is 0 Å². The lowest BCUT2D eigenvalue weighted by Gasteiger charge is -2.22. The highest BCUT2D eigenvalue weighted by atomic mass is 16.6. The number of benzene rings is 2. The first-order valence-electron chi connectivity index (χ1n) is 16.4. The molecule has 0 radical (unpaired) electrons. The number of aliphatic hydroxyl groups excluding tert-OH is 1. The number of amides is 3. The van der Waals surface area contributed by atoms with Crippen LogP contribution in [-0.2, 0) is 9.53 Å². The summed E-state index contributed by atoms with van der Waals surface area (Å²) < 4.78 is 30.0. The number of ether oxygens (including phenoxy) is 5. The molecule has 0 aromatic heterocycles. The summed E-state index contributed by atoms with van der Waals surface area (Å²) in [6.45, 7) is 6.32. The van der Waals surface area contributed by atoms with Gasteiger partial charge in [-0.3, -0.25) is 14.6 Å². The Balaban J connectivity index is 1.10. The molecule has 13 heteroatoms. The van der Waals surface area contributed by atoms with Gasteiger partial charge in [0.2, 0.25) is 6.04 Å². The van der Waals surface area contributed by atoms with E-state index in [1.54, 1.807) is 49.5 Å². The van der Waals surface area contributed by atoms with Gasteiger partial charge in [-0.25, -0.2) is 9.69 Å². The Hall–Kier alpha value is -5.33. The summed E-state index contributed by atoms with van der Waals surface area (Å²) in [6, 6.07) is 5.65. The number of hydrogen-bond donors (Lipinski definition) is 1. The molecule has 2 atom stereocenters. The first-order valence-corrected chi connectivity index (χ1v) is 16.4. The standard InChI is InChI=1S/C36H40N4O9/c1-6-47-36(44)40-27-17-32(30(46-5)15-25(27)34(42)39-20-22(3)13-28(39)35(40)43)49-11-9-7-8-10-48-31-16-26-24(14-29(31)45-4)33(41)38-19-21(2)12-23(38)18-37-26/h14-20,23,28H,6-13H2,1-5H3/p+1/t23-,28-/m0/s1. The monoisotopic (exact) mass is 673 g/mol. The van der Waals surface area contributed by atoms with E-state index in [1.165, 1.54) is 17.8 Å². The van der Waals surface area contributed by atoms with Crippen LogP contribution in [0.15, 0.2) is 52.8 Å². The van der Waals surface area contributed by atoms with E-state index in [2.05, 4.69) is 4.99 Å². The van der Waals surface area contributed by atoms with E-state index < -0.39 is 18.0 Å². The van der Waals surface area contributed by atoms with Crippen molar-refractivity contribution in [2.24, 2.45) is 4.99 Å². The van der Waals surface area contributed by atoms with Gasteiger partial charge in [0.1, 0.15) is 5.56 Å². The van der Waals surface area contributed by atoms with Gasteiger partial charge < -0.3 is 33.7 Å². The highest BCUT2D eigenvalue weighted by molar-refractivity contribution is 6.18. The zero-order chi connectivity index (χ0) is 34.8. The molecule has 13 nitrogen and oxygen atoms in total. The van der Waals surface area contributed by atoms with E-state index in [9.17, 15) is 19.5 Å². The number of carbonyl (C=O) groups is 3. The number of fused-ring (bicyclic) bond motifs is 4. The fourth-order valence-corrected chi connectivity index (χ4v) is 6.47. The summed E-state index contributed by atoms with van der Waals surface area (Å²) in [7, 11) is 3.02. The smallest absolute Gasteiger partial charge is 0.421 e. The van der Waals surface area contributed by atoms with Gasteiger partial charge in [0.25, 0.3) is 5.91 Å². The molecule has 0 unspecified atom stereocenters. The predicted molar refractivity (Wildman–Crippen MR) is 181 cm³/mol. The van der Waals surface area contributed by atoms with Crippen molar-refractivity contribution in [1.29, 1.82) is 0 Å². The number of carbonyl (C=O) groups excluding carboxylic acids is 3. The van der Waals surface area contributed by atoms with E-state index in [-0.39, 0.29) is 35.7 Å². The molecule has 4 aliphatic rings. The van der Waals surface area contributed by atoms with Crippen LogP contribution in [0.4, 0.5) is 16.2 Å². The van der Waals surface area contributed by atoms with Crippen molar-refractivity contribution >= 4 is 41.4 Å². The highest BCUT2D eigenvalue weighted by Crippen LogP contribution is 2.40. The van der Waals surface area contributed by atoms with Crippen LogP contribution in [0.1, 0.15) is 68.8 Å². The second-order valence-corrected chi connectivity index (χ2v) is 12.3. The van der Waals surface area contributed by atoms with Crippen LogP contribution in [0, 0.1) is 0 Å². The summed E-state index contributed by atoms with van der Waals surface area (Å²) in [5.74, 6) is 0.836. The number of methoxy groups -OCH3 is 2. The normalized spacial score (nSPS) is 19.3. The molecule has 2 aromatic carbocycles. The van der Waals surface area contributed by atoms with E-state index >= 15 is 0 Å². The molecule has 0 aliphatic carbocycles. The average molecular weight is 674 g/mol. The number of imide groups is 1. The summed E-state index contributed by atoms with van der Waals surface area (Å²) in [4.78, 5) is 47.2. The Kier molecular flexibility index (Phi) is 9.61.